The van der Waals surface area contributed by atoms with Gasteiger partial charge in [-0.25, -0.2) is 4.39 Å². The highest BCUT2D eigenvalue weighted by Gasteiger charge is 2.33. The third-order valence-electron chi connectivity index (χ3n) is 3.34. The van der Waals surface area contributed by atoms with E-state index in [4.69, 9.17) is 4.74 Å². The predicted molar refractivity (Wildman–Crippen MR) is 74.6 cm³/mol. The van der Waals surface area contributed by atoms with Crippen molar-refractivity contribution in [1.29, 1.82) is 0 Å². The fourth-order valence-corrected chi connectivity index (χ4v) is 2.81. The number of carbonyl (C=O) groups excluding carboxylic acids is 1. The van der Waals surface area contributed by atoms with Crippen molar-refractivity contribution in [3.8, 4) is 0 Å². The van der Waals surface area contributed by atoms with Gasteiger partial charge in [0.25, 0.3) is 0 Å². The maximum Gasteiger partial charge on any atom is 0.144 e. The minimum atomic E-state index is -0.308. The molecule has 1 saturated heterocycles. The van der Waals surface area contributed by atoms with E-state index in [1.54, 1.807) is 6.07 Å². The number of carbonyl (C=O) groups is 1. The molecular weight excluding hydrogens is 313 g/mol. The van der Waals surface area contributed by atoms with Gasteiger partial charge in [-0.2, -0.15) is 0 Å². The van der Waals surface area contributed by atoms with Gasteiger partial charge in [0, 0.05) is 16.9 Å². The molecule has 2 rings (SSSR count). The third-order valence-corrected chi connectivity index (χ3v) is 4.08. The first-order valence-electron chi connectivity index (χ1n) is 6.39. The van der Waals surface area contributed by atoms with Gasteiger partial charge in [-0.1, -0.05) is 28.9 Å². The lowest BCUT2D eigenvalue weighted by atomic mass is 9.93. The summed E-state index contributed by atoms with van der Waals surface area (Å²) in [6, 6.07) is 4.50. The zero-order valence-corrected chi connectivity index (χ0v) is 12.4. The van der Waals surface area contributed by atoms with E-state index in [0.29, 0.717) is 24.1 Å². The molecule has 1 fully saturated rings. The lowest BCUT2D eigenvalue weighted by Crippen LogP contribution is -2.39. The lowest BCUT2D eigenvalue weighted by molar-refractivity contribution is -0.122. The fourth-order valence-electron chi connectivity index (χ4n) is 2.32. The molecule has 1 aromatic carbocycles. The molecule has 1 N–H and O–H groups in total. The number of benzene rings is 1. The van der Waals surface area contributed by atoms with Gasteiger partial charge in [-0.05, 0) is 24.2 Å². The standard InChI is InChI=1S/C14H17BrFNO2/c1-2-17-13-8-19-7-11(13)14(18)5-9-3-4-10(16)6-12(9)15/h3-4,6,11,13,17H,2,5,7-8H2,1H3. The Balaban J connectivity index is 2.04. The Morgan fingerprint density at radius 2 is 2.32 bits per heavy atom. The van der Waals surface area contributed by atoms with Crippen LogP contribution in [-0.4, -0.2) is 31.6 Å². The SMILES string of the molecule is CCNC1COCC1C(=O)Cc1ccc(F)cc1Br. The summed E-state index contributed by atoms with van der Waals surface area (Å²) in [6.45, 7) is 3.87. The molecular formula is C14H17BrFNO2. The molecule has 2 atom stereocenters. The Morgan fingerprint density at radius 3 is 3.00 bits per heavy atom. The molecule has 3 nitrogen and oxygen atoms in total. The van der Waals surface area contributed by atoms with E-state index in [9.17, 15) is 9.18 Å². The normalized spacial score (nSPS) is 22.7. The van der Waals surface area contributed by atoms with Crippen molar-refractivity contribution >= 4 is 21.7 Å². The minimum Gasteiger partial charge on any atom is -0.379 e. The number of ether oxygens (including phenoxy) is 1. The van der Waals surface area contributed by atoms with Gasteiger partial charge >= 0.3 is 0 Å². The van der Waals surface area contributed by atoms with Crippen LogP contribution in [0.1, 0.15) is 12.5 Å². The van der Waals surface area contributed by atoms with Crippen LogP contribution in [0.3, 0.4) is 0 Å². The molecule has 0 amide bonds. The molecule has 1 aromatic rings. The average molecular weight is 330 g/mol. The van der Waals surface area contributed by atoms with E-state index >= 15 is 0 Å². The largest absolute Gasteiger partial charge is 0.379 e. The first kappa shape index (κ1) is 14.6. The van der Waals surface area contributed by atoms with Crippen molar-refractivity contribution in [3.63, 3.8) is 0 Å². The van der Waals surface area contributed by atoms with Crippen LogP contribution in [0.5, 0.6) is 0 Å². The monoisotopic (exact) mass is 329 g/mol. The van der Waals surface area contributed by atoms with Gasteiger partial charge in [-0.15, -0.1) is 0 Å². The van der Waals surface area contributed by atoms with Gasteiger partial charge < -0.3 is 10.1 Å². The summed E-state index contributed by atoms with van der Waals surface area (Å²) in [5.41, 5.74) is 0.813. The second-order valence-corrected chi connectivity index (χ2v) is 5.54. The van der Waals surface area contributed by atoms with E-state index < -0.39 is 0 Å². The molecule has 1 aliphatic rings. The number of nitrogens with one attached hydrogen (secondary N) is 1. The number of hydrogen-bond donors (Lipinski definition) is 1. The van der Waals surface area contributed by atoms with Crippen LogP contribution < -0.4 is 5.32 Å². The highest BCUT2D eigenvalue weighted by atomic mass is 79.9. The molecule has 5 heteroatoms. The fraction of sp³-hybridized carbons (Fsp3) is 0.500. The molecule has 0 aromatic heterocycles. The maximum atomic E-state index is 13.0. The van der Waals surface area contributed by atoms with Gasteiger partial charge in [-0.3, -0.25) is 4.79 Å². The highest BCUT2D eigenvalue weighted by molar-refractivity contribution is 9.10. The van der Waals surface area contributed by atoms with Crippen LogP contribution >= 0.6 is 15.9 Å². The topological polar surface area (TPSA) is 38.3 Å². The van der Waals surface area contributed by atoms with Gasteiger partial charge in [0.15, 0.2) is 0 Å². The van der Waals surface area contributed by atoms with Crippen LogP contribution in [0, 0.1) is 11.7 Å². The van der Waals surface area contributed by atoms with Crippen molar-refractivity contribution in [2.24, 2.45) is 5.92 Å². The predicted octanol–water partition coefficient (Wildman–Crippen LogP) is 2.32. The van der Waals surface area contributed by atoms with Crippen molar-refractivity contribution < 1.29 is 13.9 Å². The van der Waals surface area contributed by atoms with Gasteiger partial charge in [0.2, 0.25) is 0 Å². The third kappa shape index (κ3) is 3.61. The average Bonchev–Trinajstić information content (AvgIpc) is 2.81. The zero-order chi connectivity index (χ0) is 13.8. The lowest BCUT2D eigenvalue weighted by Gasteiger charge is -2.17. The van der Waals surface area contributed by atoms with E-state index in [0.717, 1.165) is 12.1 Å². The molecule has 19 heavy (non-hydrogen) atoms. The Morgan fingerprint density at radius 1 is 1.53 bits per heavy atom. The summed E-state index contributed by atoms with van der Waals surface area (Å²) >= 11 is 3.29. The molecule has 0 radical (unpaired) electrons. The van der Waals surface area contributed by atoms with Crippen LogP contribution in [0.4, 0.5) is 4.39 Å². The second-order valence-electron chi connectivity index (χ2n) is 4.69. The van der Waals surface area contributed by atoms with Crippen LogP contribution in [-0.2, 0) is 16.0 Å². The van der Waals surface area contributed by atoms with Crippen molar-refractivity contribution in [3.05, 3.63) is 34.1 Å². The Bertz CT molecular complexity index is 467. The van der Waals surface area contributed by atoms with Crippen LogP contribution in [0.25, 0.3) is 0 Å². The minimum absolute atomic E-state index is 0.0942. The summed E-state index contributed by atoms with van der Waals surface area (Å²) in [4.78, 5) is 12.3. The van der Waals surface area contributed by atoms with Crippen LogP contribution in [0.2, 0.25) is 0 Å². The smallest absolute Gasteiger partial charge is 0.144 e. The van der Waals surface area contributed by atoms with Crippen molar-refractivity contribution in [1.82, 2.24) is 5.32 Å². The van der Waals surface area contributed by atoms with E-state index in [2.05, 4.69) is 21.2 Å². The Kier molecular flexibility index (Phi) is 5.07. The molecule has 1 heterocycles. The number of rotatable bonds is 5. The second kappa shape index (κ2) is 6.59. The summed E-state index contributed by atoms with van der Waals surface area (Å²) in [5, 5.41) is 3.27. The van der Waals surface area contributed by atoms with E-state index in [1.807, 2.05) is 6.92 Å². The molecule has 1 aliphatic heterocycles. The number of ketones is 1. The number of halogens is 2. The molecule has 0 saturated carbocycles. The van der Waals surface area contributed by atoms with Gasteiger partial charge in [0.1, 0.15) is 11.6 Å². The van der Waals surface area contributed by atoms with E-state index in [-0.39, 0.29) is 23.6 Å². The zero-order valence-electron chi connectivity index (χ0n) is 10.8. The molecule has 0 aliphatic carbocycles. The molecule has 104 valence electrons. The first-order chi connectivity index (χ1) is 9.11. The number of likely N-dealkylation sites (N-methyl/N-ethyl adjacent to an activating group) is 1. The summed E-state index contributed by atoms with van der Waals surface area (Å²) in [5.74, 6) is -0.287. The summed E-state index contributed by atoms with van der Waals surface area (Å²) in [7, 11) is 0. The Hall–Kier alpha value is -0.780. The maximum absolute atomic E-state index is 13.0. The quantitative estimate of drug-likeness (QED) is 0.901. The summed E-state index contributed by atoms with van der Waals surface area (Å²) in [6.07, 6.45) is 0.302. The van der Waals surface area contributed by atoms with Crippen molar-refractivity contribution in [2.45, 2.75) is 19.4 Å². The Labute approximate surface area is 120 Å². The van der Waals surface area contributed by atoms with E-state index in [1.165, 1.54) is 12.1 Å². The first-order valence-corrected chi connectivity index (χ1v) is 7.19. The number of hydrogen-bond acceptors (Lipinski definition) is 3. The van der Waals surface area contributed by atoms with Crippen molar-refractivity contribution in [2.75, 3.05) is 19.8 Å². The molecule has 0 spiro atoms. The summed E-state index contributed by atoms with van der Waals surface area (Å²) < 4.78 is 19.0. The highest BCUT2D eigenvalue weighted by Crippen LogP contribution is 2.22. The number of Topliss-reactive ketones (excluding diaryl/α,β-unsaturated/α-hetero) is 1. The van der Waals surface area contributed by atoms with Crippen LogP contribution in [0.15, 0.2) is 22.7 Å². The molecule has 2 unspecified atom stereocenters. The molecule has 0 bridgehead atoms. The van der Waals surface area contributed by atoms with Gasteiger partial charge in [0.05, 0.1) is 19.1 Å².